The monoisotopic (exact) mass is 334 g/mol. The van der Waals surface area contributed by atoms with Gasteiger partial charge in [-0.1, -0.05) is 54.1 Å². The minimum Gasteiger partial charge on any atom is -0.461 e. The van der Waals surface area contributed by atoms with E-state index in [1.807, 2.05) is 12.1 Å². The van der Waals surface area contributed by atoms with Crippen LogP contribution in [0.5, 0.6) is 0 Å². The first-order valence-corrected chi connectivity index (χ1v) is 8.88. The highest BCUT2D eigenvalue weighted by Crippen LogP contribution is 2.48. The third-order valence-electron chi connectivity index (χ3n) is 5.70. The lowest BCUT2D eigenvalue weighted by atomic mass is 9.81. The normalized spacial score (nSPS) is 27.0. The summed E-state index contributed by atoms with van der Waals surface area (Å²) in [7, 11) is 0. The molecule has 1 fully saturated rings. The molecule has 4 unspecified atom stereocenters. The molecule has 2 bridgehead atoms. The van der Waals surface area contributed by atoms with Crippen molar-refractivity contribution in [2.45, 2.75) is 26.9 Å². The van der Waals surface area contributed by atoms with Gasteiger partial charge in [0.05, 0.1) is 5.92 Å². The van der Waals surface area contributed by atoms with Gasteiger partial charge in [-0.25, -0.2) is 0 Å². The number of ketones is 1. The Bertz CT molecular complexity index is 880. The van der Waals surface area contributed by atoms with Crippen LogP contribution in [0.4, 0.5) is 0 Å². The molecule has 2 aromatic carbocycles. The number of carbonyl (C=O) groups is 2. The van der Waals surface area contributed by atoms with E-state index >= 15 is 0 Å². The smallest absolute Gasteiger partial charge is 0.310 e. The summed E-state index contributed by atoms with van der Waals surface area (Å²) in [5.74, 6) is -0.301. The van der Waals surface area contributed by atoms with Crippen molar-refractivity contribution in [3.63, 3.8) is 0 Å². The number of hydrogen-bond donors (Lipinski definition) is 0. The third kappa shape index (κ3) is 2.78. The summed E-state index contributed by atoms with van der Waals surface area (Å²) in [6.07, 6.45) is 5.07. The van der Waals surface area contributed by atoms with Gasteiger partial charge < -0.3 is 4.74 Å². The molecule has 2 aromatic rings. The minimum atomic E-state index is -0.315. The quantitative estimate of drug-likeness (QED) is 0.621. The standard InChI is InChI=1S/C22H22O3/c1-13-6-9-19-15(10-13)4-3-5-18(19)12-25-22(24)21-17-8-7-16(11-17)20(21)14(2)23/h3-10,16-17,20-21H,11-12H2,1-2H3. The summed E-state index contributed by atoms with van der Waals surface area (Å²) < 4.78 is 5.66. The molecule has 3 heteroatoms. The van der Waals surface area contributed by atoms with Crippen LogP contribution < -0.4 is 0 Å². The molecule has 0 saturated heterocycles. The molecule has 3 nitrogen and oxygen atoms in total. The zero-order valence-corrected chi connectivity index (χ0v) is 14.6. The summed E-state index contributed by atoms with van der Waals surface area (Å²) in [4.78, 5) is 24.7. The Morgan fingerprint density at radius 3 is 2.60 bits per heavy atom. The van der Waals surface area contributed by atoms with Gasteiger partial charge in [0, 0.05) is 5.92 Å². The molecule has 0 heterocycles. The topological polar surface area (TPSA) is 43.4 Å². The van der Waals surface area contributed by atoms with Crippen molar-refractivity contribution in [1.82, 2.24) is 0 Å². The van der Waals surface area contributed by atoms with Crippen molar-refractivity contribution in [3.05, 3.63) is 59.7 Å². The second kappa shape index (κ2) is 6.14. The molecule has 0 aromatic heterocycles. The zero-order chi connectivity index (χ0) is 17.6. The molecule has 0 radical (unpaired) electrons. The van der Waals surface area contributed by atoms with E-state index in [2.05, 4.69) is 43.3 Å². The minimum absolute atomic E-state index is 0.0967. The number of hydrogen-bond acceptors (Lipinski definition) is 3. The maximum Gasteiger partial charge on any atom is 0.310 e. The van der Waals surface area contributed by atoms with E-state index in [9.17, 15) is 9.59 Å². The predicted molar refractivity (Wildman–Crippen MR) is 96.9 cm³/mol. The van der Waals surface area contributed by atoms with Crippen LogP contribution in [0.3, 0.4) is 0 Å². The molecule has 128 valence electrons. The van der Waals surface area contributed by atoms with E-state index in [-0.39, 0.29) is 42.0 Å². The number of carbonyl (C=O) groups excluding carboxylic acids is 2. The van der Waals surface area contributed by atoms with Crippen molar-refractivity contribution in [3.8, 4) is 0 Å². The van der Waals surface area contributed by atoms with Crippen molar-refractivity contribution < 1.29 is 14.3 Å². The van der Waals surface area contributed by atoms with Crippen LogP contribution in [0.2, 0.25) is 0 Å². The van der Waals surface area contributed by atoms with Crippen molar-refractivity contribution in [1.29, 1.82) is 0 Å². The van der Waals surface area contributed by atoms with Gasteiger partial charge in [-0.3, -0.25) is 9.59 Å². The van der Waals surface area contributed by atoms with E-state index in [4.69, 9.17) is 4.74 Å². The van der Waals surface area contributed by atoms with E-state index in [0.29, 0.717) is 0 Å². The fraction of sp³-hybridized carbons (Fsp3) is 0.364. The number of aryl methyl sites for hydroxylation is 1. The van der Waals surface area contributed by atoms with Crippen LogP contribution in [0.15, 0.2) is 48.6 Å². The van der Waals surface area contributed by atoms with E-state index in [1.165, 1.54) is 5.56 Å². The zero-order valence-electron chi connectivity index (χ0n) is 14.6. The maximum atomic E-state index is 12.7. The summed E-state index contributed by atoms with van der Waals surface area (Å²) in [5, 5.41) is 2.26. The lowest BCUT2D eigenvalue weighted by molar-refractivity contribution is -0.154. The first kappa shape index (κ1) is 16.1. The van der Waals surface area contributed by atoms with Crippen LogP contribution >= 0.6 is 0 Å². The number of ether oxygens (including phenoxy) is 1. The van der Waals surface area contributed by atoms with Crippen molar-refractivity contribution >= 4 is 22.5 Å². The highest BCUT2D eigenvalue weighted by Gasteiger charge is 2.50. The first-order valence-electron chi connectivity index (χ1n) is 8.88. The molecular weight excluding hydrogens is 312 g/mol. The van der Waals surface area contributed by atoms with Gasteiger partial charge in [0.25, 0.3) is 0 Å². The van der Waals surface area contributed by atoms with Gasteiger partial charge in [0.1, 0.15) is 12.4 Å². The summed E-state index contributed by atoms with van der Waals surface area (Å²) in [6.45, 7) is 3.91. The molecule has 4 atom stereocenters. The summed E-state index contributed by atoms with van der Waals surface area (Å²) >= 11 is 0. The average molecular weight is 334 g/mol. The number of rotatable bonds is 4. The van der Waals surface area contributed by atoms with Crippen LogP contribution in [0.1, 0.15) is 24.5 Å². The summed E-state index contributed by atoms with van der Waals surface area (Å²) in [5.41, 5.74) is 2.21. The highest BCUT2D eigenvalue weighted by atomic mass is 16.5. The fourth-order valence-corrected chi connectivity index (χ4v) is 4.54. The Hall–Kier alpha value is -2.42. The van der Waals surface area contributed by atoms with Crippen LogP contribution in [0.25, 0.3) is 10.8 Å². The summed E-state index contributed by atoms with van der Waals surface area (Å²) in [6, 6.07) is 12.3. The Balaban J connectivity index is 1.53. The van der Waals surface area contributed by atoms with Crippen LogP contribution in [-0.4, -0.2) is 11.8 Å². The number of esters is 1. The molecule has 0 aliphatic heterocycles. The van der Waals surface area contributed by atoms with E-state index in [0.717, 1.165) is 22.8 Å². The number of benzene rings is 2. The predicted octanol–water partition coefficient (Wildman–Crippen LogP) is 4.22. The molecule has 25 heavy (non-hydrogen) atoms. The molecular formula is C22H22O3. The Labute approximate surface area is 147 Å². The fourth-order valence-electron chi connectivity index (χ4n) is 4.54. The van der Waals surface area contributed by atoms with Gasteiger partial charge in [-0.15, -0.1) is 0 Å². The number of Topliss-reactive ketones (excluding diaryl/α,β-unsaturated/α-hetero) is 1. The SMILES string of the molecule is CC(=O)C1C2C=CC(C2)C1C(=O)OCc1cccc2cc(C)ccc12. The van der Waals surface area contributed by atoms with Crippen LogP contribution in [-0.2, 0) is 20.9 Å². The Morgan fingerprint density at radius 2 is 1.84 bits per heavy atom. The van der Waals surface area contributed by atoms with E-state index < -0.39 is 0 Å². The molecule has 0 N–H and O–H groups in total. The van der Waals surface area contributed by atoms with Gasteiger partial charge >= 0.3 is 5.97 Å². The lowest BCUT2D eigenvalue weighted by Crippen LogP contribution is -2.33. The molecule has 4 rings (SSSR count). The Morgan fingerprint density at radius 1 is 1.08 bits per heavy atom. The first-order chi connectivity index (χ1) is 12.0. The van der Waals surface area contributed by atoms with E-state index in [1.54, 1.807) is 6.92 Å². The van der Waals surface area contributed by atoms with Gasteiger partial charge in [0.15, 0.2) is 0 Å². The van der Waals surface area contributed by atoms with Gasteiger partial charge in [-0.05, 0) is 48.4 Å². The molecule has 0 spiro atoms. The highest BCUT2D eigenvalue weighted by molar-refractivity contribution is 5.88. The third-order valence-corrected chi connectivity index (χ3v) is 5.70. The van der Waals surface area contributed by atoms with Crippen molar-refractivity contribution in [2.75, 3.05) is 0 Å². The van der Waals surface area contributed by atoms with Gasteiger partial charge in [0.2, 0.25) is 0 Å². The van der Waals surface area contributed by atoms with Crippen LogP contribution in [0, 0.1) is 30.6 Å². The molecule has 0 amide bonds. The second-order valence-electron chi connectivity index (χ2n) is 7.36. The lowest BCUT2D eigenvalue weighted by Gasteiger charge is -2.24. The second-order valence-corrected chi connectivity index (χ2v) is 7.36. The molecule has 2 aliphatic rings. The molecule has 1 saturated carbocycles. The van der Waals surface area contributed by atoms with Gasteiger partial charge in [-0.2, -0.15) is 0 Å². The average Bonchev–Trinajstić information content (AvgIpc) is 3.20. The largest absolute Gasteiger partial charge is 0.461 e. The molecule has 2 aliphatic carbocycles. The van der Waals surface area contributed by atoms with Crippen molar-refractivity contribution in [2.24, 2.45) is 23.7 Å². The number of fused-ring (bicyclic) bond motifs is 3. The maximum absolute atomic E-state index is 12.7. The number of allylic oxidation sites excluding steroid dienone is 2. The Kier molecular flexibility index (Phi) is 3.95.